The molecule has 6 nitrogen and oxygen atoms in total. The van der Waals surface area contributed by atoms with Crippen molar-refractivity contribution in [3.8, 4) is 11.6 Å². The van der Waals surface area contributed by atoms with Gasteiger partial charge in [-0.15, -0.1) is 5.10 Å². The molecule has 7 heteroatoms. The first-order chi connectivity index (χ1) is 9.84. The lowest BCUT2D eigenvalue weighted by Gasteiger charge is -1.95. The summed E-state index contributed by atoms with van der Waals surface area (Å²) in [4.78, 5) is 0. The molecule has 0 fully saturated rings. The normalized spacial score (nSPS) is 11.8. The summed E-state index contributed by atoms with van der Waals surface area (Å²) >= 11 is 5.12. The van der Waals surface area contributed by atoms with E-state index in [4.69, 9.17) is 21.1 Å². The third kappa shape index (κ3) is 2.52. The largest absolute Gasteiger partial charge is 0.465 e. The number of rotatable bonds is 4. The van der Waals surface area contributed by atoms with Crippen molar-refractivity contribution in [1.82, 2.24) is 14.9 Å². The van der Waals surface area contributed by atoms with Crippen LogP contribution in [0.5, 0.6) is 0 Å². The van der Waals surface area contributed by atoms with Crippen LogP contribution in [0.4, 0.5) is 0 Å². The van der Waals surface area contributed by atoms with Crippen LogP contribution in [-0.4, -0.2) is 21.1 Å². The van der Waals surface area contributed by atoms with Gasteiger partial charge < -0.3 is 8.83 Å². The molecule has 0 atom stereocenters. The molecule has 20 heavy (non-hydrogen) atoms. The van der Waals surface area contributed by atoms with Gasteiger partial charge in [0.2, 0.25) is 10.6 Å². The Kier molecular flexibility index (Phi) is 3.42. The van der Waals surface area contributed by atoms with Gasteiger partial charge in [0.1, 0.15) is 5.76 Å². The highest BCUT2D eigenvalue weighted by atomic mass is 32.1. The zero-order valence-corrected chi connectivity index (χ0v) is 11.1. The van der Waals surface area contributed by atoms with Gasteiger partial charge in [0.15, 0.2) is 5.76 Å². The molecular formula is C13H10N4O2S. The minimum absolute atomic E-state index is 0.388. The summed E-state index contributed by atoms with van der Waals surface area (Å²) < 4.78 is 12.3. The molecule has 100 valence electrons. The van der Waals surface area contributed by atoms with E-state index < -0.39 is 0 Å². The highest BCUT2D eigenvalue weighted by Gasteiger charge is 2.09. The smallest absolute Gasteiger partial charge is 0.219 e. The number of nitrogens with one attached hydrogen (secondary N) is 1. The first-order valence-electron chi connectivity index (χ1n) is 5.80. The second-order valence-electron chi connectivity index (χ2n) is 3.78. The van der Waals surface area contributed by atoms with E-state index >= 15 is 0 Å². The Labute approximate surface area is 119 Å². The summed E-state index contributed by atoms with van der Waals surface area (Å²) in [6, 6.07) is 7.23. The molecule has 0 aliphatic heterocycles. The summed E-state index contributed by atoms with van der Waals surface area (Å²) in [5.41, 5.74) is 0. The van der Waals surface area contributed by atoms with Crippen LogP contribution in [0.15, 0.2) is 56.8 Å². The average molecular weight is 286 g/mol. The molecule has 0 bridgehead atoms. The van der Waals surface area contributed by atoms with Crippen LogP contribution in [0.25, 0.3) is 17.7 Å². The van der Waals surface area contributed by atoms with E-state index in [0.29, 0.717) is 16.4 Å². The summed E-state index contributed by atoms with van der Waals surface area (Å²) in [5, 5.41) is 11.0. The van der Waals surface area contributed by atoms with E-state index in [9.17, 15) is 0 Å². The van der Waals surface area contributed by atoms with Gasteiger partial charge in [0.05, 0.1) is 12.5 Å². The van der Waals surface area contributed by atoms with Crippen molar-refractivity contribution in [2.75, 3.05) is 0 Å². The van der Waals surface area contributed by atoms with Crippen LogP contribution < -0.4 is 0 Å². The summed E-state index contributed by atoms with van der Waals surface area (Å²) in [6.07, 6.45) is 8.31. The molecule has 3 aromatic heterocycles. The number of hydrogen-bond acceptors (Lipinski definition) is 5. The molecule has 1 N–H and O–H groups in total. The van der Waals surface area contributed by atoms with Gasteiger partial charge in [-0.2, -0.15) is 9.78 Å². The van der Waals surface area contributed by atoms with Crippen LogP contribution in [0, 0.1) is 4.77 Å². The van der Waals surface area contributed by atoms with Crippen molar-refractivity contribution >= 4 is 24.5 Å². The van der Waals surface area contributed by atoms with E-state index in [-0.39, 0.29) is 0 Å². The number of aromatic amines is 1. The van der Waals surface area contributed by atoms with Crippen molar-refractivity contribution in [1.29, 1.82) is 0 Å². The minimum Gasteiger partial charge on any atom is -0.465 e. The molecule has 0 unspecified atom stereocenters. The molecule has 0 spiro atoms. The molecule has 3 rings (SSSR count). The number of allylic oxidation sites excluding steroid dienone is 1. The van der Waals surface area contributed by atoms with Crippen molar-refractivity contribution in [2.24, 2.45) is 5.10 Å². The average Bonchev–Trinajstić information content (AvgIpc) is 3.17. The standard InChI is InChI=1S/C13H10N4O2S/c20-13-16-15-12(11-6-3-9-19-11)17(13)14-7-1-4-10-5-2-8-18-10/h1-9H,(H,16,20)/b4-1+,14-7-. The van der Waals surface area contributed by atoms with Crippen molar-refractivity contribution < 1.29 is 8.83 Å². The molecule has 0 aliphatic carbocycles. The number of aromatic nitrogens is 3. The SMILES string of the molecule is S=c1[nH]nc(-c2ccco2)n1/N=C\C=C\c1ccco1. The number of furan rings is 2. The van der Waals surface area contributed by atoms with Gasteiger partial charge in [-0.3, -0.25) is 0 Å². The fourth-order valence-electron chi connectivity index (χ4n) is 1.59. The molecular weight excluding hydrogens is 276 g/mol. The number of hydrogen-bond donors (Lipinski definition) is 1. The van der Waals surface area contributed by atoms with Crippen molar-refractivity contribution in [3.05, 3.63) is 53.4 Å². The second-order valence-corrected chi connectivity index (χ2v) is 4.17. The van der Waals surface area contributed by atoms with Gasteiger partial charge >= 0.3 is 0 Å². The Morgan fingerprint density at radius 1 is 1.25 bits per heavy atom. The molecule has 0 radical (unpaired) electrons. The summed E-state index contributed by atoms with van der Waals surface area (Å²) in [5.74, 6) is 1.85. The van der Waals surface area contributed by atoms with E-state index in [2.05, 4.69) is 15.3 Å². The fourth-order valence-corrected chi connectivity index (χ4v) is 1.77. The monoisotopic (exact) mass is 286 g/mol. The van der Waals surface area contributed by atoms with Gasteiger partial charge in [0, 0.05) is 6.21 Å². The van der Waals surface area contributed by atoms with Gasteiger partial charge in [-0.1, -0.05) is 0 Å². The van der Waals surface area contributed by atoms with Crippen LogP contribution >= 0.6 is 12.2 Å². The van der Waals surface area contributed by atoms with E-state index in [1.165, 1.54) is 4.68 Å². The van der Waals surface area contributed by atoms with E-state index in [1.807, 2.05) is 12.1 Å². The predicted molar refractivity (Wildman–Crippen MR) is 76.7 cm³/mol. The Balaban J connectivity index is 1.84. The lowest BCUT2D eigenvalue weighted by Crippen LogP contribution is -1.92. The first kappa shape index (κ1) is 12.4. The molecule has 3 heterocycles. The quantitative estimate of drug-likeness (QED) is 0.589. The number of nitrogens with zero attached hydrogens (tertiary/aromatic N) is 3. The fraction of sp³-hybridized carbons (Fsp3) is 0. The lowest BCUT2D eigenvalue weighted by atomic mass is 10.4. The molecule has 0 aromatic carbocycles. The Bertz CT molecular complexity index is 779. The van der Waals surface area contributed by atoms with Gasteiger partial charge in [-0.05, 0) is 48.6 Å². The third-order valence-corrected chi connectivity index (χ3v) is 2.73. The molecule has 0 aliphatic rings. The first-order valence-corrected chi connectivity index (χ1v) is 6.21. The van der Waals surface area contributed by atoms with E-state index in [0.717, 1.165) is 5.76 Å². The zero-order valence-electron chi connectivity index (χ0n) is 10.3. The summed E-state index contributed by atoms with van der Waals surface area (Å²) in [6.45, 7) is 0. The van der Waals surface area contributed by atoms with Gasteiger partial charge in [-0.25, -0.2) is 5.10 Å². The second kappa shape index (κ2) is 5.54. The topological polar surface area (TPSA) is 72.2 Å². The lowest BCUT2D eigenvalue weighted by molar-refractivity contribution is 0.557. The minimum atomic E-state index is 0.388. The van der Waals surface area contributed by atoms with Crippen LogP contribution in [-0.2, 0) is 0 Å². The van der Waals surface area contributed by atoms with Gasteiger partial charge in [0.25, 0.3) is 0 Å². The molecule has 0 amide bonds. The maximum Gasteiger partial charge on any atom is 0.219 e. The molecule has 3 aromatic rings. The predicted octanol–water partition coefficient (Wildman–Crippen LogP) is 3.34. The highest BCUT2D eigenvalue weighted by Crippen LogP contribution is 2.17. The van der Waals surface area contributed by atoms with Crippen LogP contribution in [0.1, 0.15) is 5.76 Å². The highest BCUT2D eigenvalue weighted by molar-refractivity contribution is 7.71. The third-order valence-electron chi connectivity index (χ3n) is 2.46. The van der Waals surface area contributed by atoms with Crippen molar-refractivity contribution in [2.45, 2.75) is 0 Å². The number of H-pyrrole nitrogens is 1. The summed E-state index contributed by atoms with van der Waals surface area (Å²) in [7, 11) is 0. The maximum atomic E-state index is 5.28. The Hall–Kier alpha value is -2.67. The van der Waals surface area contributed by atoms with Crippen LogP contribution in [0.2, 0.25) is 0 Å². The Morgan fingerprint density at radius 2 is 2.10 bits per heavy atom. The van der Waals surface area contributed by atoms with E-state index in [1.54, 1.807) is 43.0 Å². The molecule has 0 saturated carbocycles. The molecule has 0 saturated heterocycles. The zero-order chi connectivity index (χ0) is 13.8. The van der Waals surface area contributed by atoms with Crippen molar-refractivity contribution in [3.63, 3.8) is 0 Å². The maximum absolute atomic E-state index is 5.28. The Morgan fingerprint density at radius 3 is 2.85 bits per heavy atom. The van der Waals surface area contributed by atoms with Crippen LogP contribution in [0.3, 0.4) is 0 Å².